The molecule has 1 amide bonds. The van der Waals surface area contributed by atoms with Crippen LogP contribution in [0.3, 0.4) is 0 Å². The molecule has 1 aliphatic carbocycles. The van der Waals surface area contributed by atoms with E-state index >= 15 is 0 Å². The van der Waals surface area contributed by atoms with E-state index in [0.29, 0.717) is 25.2 Å². The van der Waals surface area contributed by atoms with Crippen molar-refractivity contribution in [2.24, 2.45) is 5.92 Å². The van der Waals surface area contributed by atoms with Crippen LogP contribution < -0.4 is 10.4 Å². The summed E-state index contributed by atoms with van der Waals surface area (Å²) < 4.78 is 35.1. The van der Waals surface area contributed by atoms with E-state index in [1.807, 2.05) is 24.3 Å². The average molecular weight is 488 g/mol. The van der Waals surface area contributed by atoms with Crippen LogP contribution in [0.25, 0.3) is 15.9 Å². The Kier molecular flexibility index (Phi) is 5.19. The maximum absolute atomic E-state index is 13.4. The van der Waals surface area contributed by atoms with Gasteiger partial charge in [0.25, 0.3) is 5.92 Å². The molecule has 0 N–H and O–H groups in total. The number of alkyl halides is 2. The molecule has 4 aromatic rings. The number of aromatic nitrogens is 4. The van der Waals surface area contributed by atoms with Crippen molar-refractivity contribution >= 4 is 33.1 Å². The standard InChI is InChI=1S/C22H19F2N5O3S.CH4/c1-32-13-4-2-12(3-5-13)9-28-20-17(18-25-11-26-29(18)21(28)31)14-6-7-27(10-16(14)33-20)19(30)15-8-22(15,23)24;/h2-5,11,15H,6-10H2,1H3;1H4. The van der Waals surface area contributed by atoms with Gasteiger partial charge in [0.2, 0.25) is 5.91 Å². The minimum atomic E-state index is -2.88. The third-order valence-corrected chi connectivity index (χ3v) is 7.64. The highest BCUT2D eigenvalue weighted by Crippen LogP contribution is 2.50. The van der Waals surface area contributed by atoms with Crippen molar-refractivity contribution < 1.29 is 18.3 Å². The number of methoxy groups -OCH3 is 1. The molecule has 1 atom stereocenters. The van der Waals surface area contributed by atoms with Gasteiger partial charge in [-0.15, -0.1) is 11.3 Å². The zero-order valence-electron chi connectivity index (χ0n) is 17.6. The summed E-state index contributed by atoms with van der Waals surface area (Å²) in [5.74, 6) is -3.86. The maximum Gasteiger partial charge on any atom is 0.352 e. The first-order valence-electron chi connectivity index (χ1n) is 10.5. The molecule has 0 spiro atoms. The lowest BCUT2D eigenvalue weighted by Crippen LogP contribution is -2.37. The number of amides is 1. The highest BCUT2D eigenvalue weighted by atomic mass is 32.1. The Hall–Kier alpha value is -3.34. The number of ether oxygens (including phenoxy) is 1. The number of halogens is 2. The number of rotatable bonds is 4. The van der Waals surface area contributed by atoms with Crippen LogP contribution in [-0.2, 0) is 24.3 Å². The SMILES string of the molecule is C.COc1ccc(Cn2c(=O)n3ncnc3c3c4c(sc32)CN(C(=O)C2CC2(F)F)CC4)cc1. The van der Waals surface area contributed by atoms with E-state index in [0.717, 1.165) is 32.0 Å². The quantitative estimate of drug-likeness (QED) is 0.441. The molecule has 1 unspecified atom stereocenters. The molecule has 8 nitrogen and oxygen atoms in total. The normalized spacial score (nSPS) is 18.6. The van der Waals surface area contributed by atoms with Crippen molar-refractivity contribution in [2.45, 2.75) is 39.3 Å². The van der Waals surface area contributed by atoms with Crippen molar-refractivity contribution in [2.75, 3.05) is 13.7 Å². The second-order valence-electron chi connectivity index (χ2n) is 8.42. The van der Waals surface area contributed by atoms with E-state index in [9.17, 15) is 18.4 Å². The van der Waals surface area contributed by atoms with E-state index in [1.165, 1.54) is 27.1 Å². The molecular weight excluding hydrogens is 464 g/mol. The number of benzene rings is 1. The second kappa shape index (κ2) is 7.86. The Morgan fingerprint density at radius 2 is 2.03 bits per heavy atom. The number of thiophene rings is 1. The molecule has 0 saturated heterocycles. The van der Waals surface area contributed by atoms with Crippen LogP contribution in [0, 0.1) is 5.92 Å². The molecule has 1 saturated carbocycles. The molecule has 1 fully saturated rings. The first kappa shape index (κ1) is 22.5. The van der Waals surface area contributed by atoms with Gasteiger partial charge in [-0.3, -0.25) is 9.36 Å². The Labute approximate surface area is 197 Å². The fourth-order valence-corrected chi connectivity index (χ4v) is 5.86. The molecule has 1 aromatic carbocycles. The largest absolute Gasteiger partial charge is 0.497 e. The van der Waals surface area contributed by atoms with Crippen molar-refractivity contribution in [3.63, 3.8) is 0 Å². The summed E-state index contributed by atoms with van der Waals surface area (Å²) in [6.45, 7) is 0.949. The summed E-state index contributed by atoms with van der Waals surface area (Å²) in [6.07, 6.45) is 1.50. The molecular formula is C23H23F2N5O3S. The van der Waals surface area contributed by atoms with Crippen LogP contribution in [0.5, 0.6) is 5.75 Å². The number of carbonyl (C=O) groups is 1. The first-order valence-corrected chi connectivity index (χ1v) is 11.4. The molecule has 1 aliphatic heterocycles. The summed E-state index contributed by atoms with van der Waals surface area (Å²) in [7, 11) is 1.59. The Morgan fingerprint density at radius 3 is 2.71 bits per heavy atom. The highest BCUT2D eigenvalue weighted by Gasteiger charge is 2.62. The van der Waals surface area contributed by atoms with Crippen molar-refractivity contribution in [1.29, 1.82) is 0 Å². The molecule has 3 aromatic heterocycles. The number of nitrogens with zero attached hydrogens (tertiary/aromatic N) is 5. The van der Waals surface area contributed by atoms with E-state index in [2.05, 4.69) is 10.1 Å². The van der Waals surface area contributed by atoms with E-state index in [4.69, 9.17) is 4.74 Å². The third-order valence-electron chi connectivity index (χ3n) is 6.40. The smallest absolute Gasteiger partial charge is 0.352 e. The fraction of sp³-hybridized carbons (Fsp3) is 0.391. The van der Waals surface area contributed by atoms with Crippen molar-refractivity contribution in [3.05, 3.63) is 57.1 Å². The maximum atomic E-state index is 13.4. The second-order valence-corrected chi connectivity index (χ2v) is 9.51. The summed E-state index contributed by atoms with van der Waals surface area (Å²) >= 11 is 1.41. The minimum Gasteiger partial charge on any atom is -0.497 e. The van der Waals surface area contributed by atoms with Crippen LogP contribution >= 0.6 is 11.3 Å². The van der Waals surface area contributed by atoms with Gasteiger partial charge in [0.05, 0.1) is 25.6 Å². The van der Waals surface area contributed by atoms with Gasteiger partial charge in [-0.05, 0) is 29.7 Å². The van der Waals surface area contributed by atoms with Gasteiger partial charge in [0.1, 0.15) is 22.8 Å². The number of carbonyl (C=O) groups excluding carboxylic acids is 1. The average Bonchev–Trinajstić information content (AvgIpc) is 3.15. The predicted octanol–water partition coefficient (Wildman–Crippen LogP) is 3.34. The predicted molar refractivity (Wildman–Crippen MR) is 124 cm³/mol. The summed E-state index contributed by atoms with van der Waals surface area (Å²) in [4.78, 5) is 33.3. The van der Waals surface area contributed by atoms with Gasteiger partial charge in [-0.25, -0.2) is 18.6 Å². The molecule has 4 heterocycles. The number of hydrogen-bond acceptors (Lipinski definition) is 6. The Balaban J connectivity index is 0.00000241. The molecule has 6 rings (SSSR count). The lowest BCUT2D eigenvalue weighted by molar-refractivity contribution is -0.135. The topological polar surface area (TPSA) is 81.7 Å². The zero-order chi connectivity index (χ0) is 22.9. The zero-order valence-corrected chi connectivity index (χ0v) is 18.4. The van der Waals surface area contributed by atoms with Gasteiger partial charge in [-0.2, -0.15) is 9.61 Å². The van der Waals surface area contributed by atoms with E-state index in [-0.39, 0.29) is 26.1 Å². The van der Waals surface area contributed by atoms with E-state index in [1.54, 1.807) is 11.7 Å². The summed E-state index contributed by atoms with van der Waals surface area (Å²) in [5, 5.41) is 4.96. The molecule has 11 heteroatoms. The monoisotopic (exact) mass is 487 g/mol. The minimum absolute atomic E-state index is 0. The molecule has 178 valence electrons. The molecule has 0 radical (unpaired) electrons. The number of fused-ring (bicyclic) bond motifs is 5. The van der Waals surface area contributed by atoms with Crippen molar-refractivity contribution in [1.82, 2.24) is 24.1 Å². The molecule has 34 heavy (non-hydrogen) atoms. The van der Waals surface area contributed by atoms with Crippen molar-refractivity contribution in [3.8, 4) is 5.75 Å². The van der Waals surface area contributed by atoms with Crippen LogP contribution in [0.1, 0.15) is 29.9 Å². The van der Waals surface area contributed by atoms with Crippen LogP contribution in [0.4, 0.5) is 8.78 Å². The highest BCUT2D eigenvalue weighted by molar-refractivity contribution is 7.19. The van der Waals surface area contributed by atoms with Gasteiger partial charge in [-0.1, -0.05) is 19.6 Å². The van der Waals surface area contributed by atoms with E-state index < -0.39 is 17.7 Å². The van der Waals surface area contributed by atoms with Crippen LogP contribution in [-0.4, -0.2) is 49.5 Å². The van der Waals surface area contributed by atoms with Gasteiger partial charge in [0, 0.05) is 17.8 Å². The number of hydrogen-bond donors (Lipinski definition) is 0. The molecule has 2 aliphatic rings. The lowest BCUT2D eigenvalue weighted by Gasteiger charge is -2.27. The van der Waals surface area contributed by atoms with Gasteiger partial charge >= 0.3 is 5.69 Å². The Morgan fingerprint density at radius 1 is 1.29 bits per heavy atom. The van der Waals surface area contributed by atoms with Crippen LogP contribution in [0.2, 0.25) is 0 Å². The third kappa shape index (κ3) is 3.37. The molecule has 0 bridgehead atoms. The first-order chi connectivity index (χ1) is 15.9. The summed E-state index contributed by atoms with van der Waals surface area (Å²) in [6, 6.07) is 7.46. The Bertz CT molecular complexity index is 1470. The van der Waals surface area contributed by atoms with Gasteiger partial charge in [0.15, 0.2) is 5.65 Å². The fourth-order valence-electron chi connectivity index (χ4n) is 4.51. The van der Waals surface area contributed by atoms with Crippen LogP contribution in [0.15, 0.2) is 35.4 Å². The summed E-state index contributed by atoms with van der Waals surface area (Å²) in [5.41, 5.74) is 2.09. The van der Waals surface area contributed by atoms with Gasteiger partial charge < -0.3 is 9.64 Å². The lowest BCUT2D eigenvalue weighted by atomic mass is 10.0.